The Morgan fingerprint density at radius 1 is 1.26 bits per heavy atom. The van der Waals surface area contributed by atoms with Crippen molar-refractivity contribution in [2.24, 2.45) is 0 Å². The lowest BCUT2D eigenvalue weighted by Crippen LogP contribution is -2.21. The lowest BCUT2D eigenvalue weighted by Gasteiger charge is -2.12. The van der Waals surface area contributed by atoms with Crippen molar-refractivity contribution in [1.82, 2.24) is 15.2 Å². The van der Waals surface area contributed by atoms with Crippen LogP contribution in [-0.4, -0.2) is 41.1 Å². The van der Waals surface area contributed by atoms with E-state index in [2.05, 4.69) is 31.9 Å². The van der Waals surface area contributed by atoms with Crippen LogP contribution >= 0.6 is 0 Å². The van der Waals surface area contributed by atoms with Gasteiger partial charge in [0.25, 0.3) is 0 Å². The molecular formula is C15H19N5O2S. The summed E-state index contributed by atoms with van der Waals surface area (Å²) >= 11 is 0. The molecule has 23 heavy (non-hydrogen) atoms. The average molecular weight is 333 g/mol. The summed E-state index contributed by atoms with van der Waals surface area (Å²) < 4.78 is 23.0. The Kier molecular flexibility index (Phi) is 4.16. The van der Waals surface area contributed by atoms with Gasteiger partial charge in [0, 0.05) is 11.7 Å². The Morgan fingerprint density at radius 2 is 2.09 bits per heavy atom. The number of nitrogens with zero attached hydrogens (tertiary/aromatic N) is 3. The van der Waals surface area contributed by atoms with Gasteiger partial charge in [0.2, 0.25) is 5.95 Å². The summed E-state index contributed by atoms with van der Waals surface area (Å²) in [6.45, 7) is 4.04. The van der Waals surface area contributed by atoms with Gasteiger partial charge in [-0.25, -0.2) is 8.42 Å². The number of aromatic nitrogens is 3. The Labute approximate surface area is 135 Å². The lowest BCUT2D eigenvalue weighted by atomic mass is 10.1. The molecule has 2 aromatic rings. The van der Waals surface area contributed by atoms with E-state index < -0.39 is 9.84 Å². The van der Waals surface area contributed by atoms with Gasteiger partial charge < -0.3 is 10.6 Å². The number of hydrogen-bond acceptors (Lipinski definition) is 7. The summed E-state index contributed by atoms with van der Waals surface area (Å²) in [6.07, 6.45) is 2.09. The van der Waals surface area contributed by atoms with Gasteiger partial charge in [-0.3, -0.25) is 0 Å². The van der Waals surface area contributed by atoms with Crippen LogP contribution in [0.5, 0.6) is 0 Å². The molecule has 0 spiro atoms. The minimum absolute atomic E-state index is 0.120. The summed E-state index contributed by atoms with van der Waals surface area (Å²) in [6, 6.07) is 5.93. The fraction of sp³-hybridized carbons (Fsp3) is 0.400. The number of nitrogens with one attached hydrogen (secondary N) is 2. The number of aryl methyl sites for hydroxylation is 2. The second-order valence-corrected chi connectivity index (χ2v) is 8.08. The highest BCUT2D eigenvalue weighted by molar-refractivity contribution is 7.91. The number of hydrogen-bond donors (Lipinski definition) is 2. The molecule has 3 rings (SSSR count). The third-order valence-electron chi connectivity index (χ3n) is 3.77. The van der Waals surface area contributed by atoms with Crippen LogP contribution in [0.3, 0.4) is 0 Å². The number of rotatable bonds is 4. The maximum Gasteiger partial charge on any atom is 0.249 e. The summed E-state index contributed by atoms with van der Waals surface area (Å²) in [4.78, 5) is 4.35. The standard InChI is InChI=1S/C15H19N5O2S/c1-10-3-4-13(11(2)7-10)18-15-19-14(8-16-20-15)17-12-5-6-23(21,22)9-12/h3-4,7-8,12H,5-6,9H2,1-2H3,(H2,17,18,19,20). The molecule has 1 aromatic carbocycles. The monoisotopic (exact) mass is 333 g/mol. The Balaban J connectivity index is 1.72. The van der Waals surface area contributed by atoms with E-state index in [4.69, 9.17) is 0 Å². The minimum atomic E-state index is -2.93. The fourth-order valence-electron chi connectivity index (χ4n) is 2.62. The highest BCUT2D eigenvalue weighted by atomic mass is 32.2. The number of benzene rings is 1. The van der Waals surface area contributed by atoms with E-state index in [1.165, 1.54) is 11.8 Å². The van der Waals surface area contributed by atoms with Gasteiger partial charge in [-0.1, -0.05) is 17.7 Å². The van der Waals surface area contributed by atoms with Crippen LogP contribution < -0.4 is 10.6 Å². The van der Waals surface area contributed by atoms with Gasteiger partial charge in [-0.05, 0) is 31.9 Å². The first-order chi connectivity index (χ1) is 10.9. The van der Waals surface area contributed by atoms with Crippen molar-refractivity contribution in [1.29, 1.82) is 0 Å². The smallest absolute Gasteiger partial charge is 0.249 e. The molecule has 2 heterocycles. The molecule has 122 valence electrons. The second kappa shape index (κ2) is 6.11. The Morgan fingerprint density at radius 3 is 2.78 bits per heavy atom. The molecule has 7 nitrogen and oxygen atoms in total. The second-order valence-electron chi connectivity index (χ2n) is 5.85. The normalized spacial score (nSPS) is 19.5. The molecule has 0 bridgehead atoms. The molecule has 8 heteroatoms. The first kappa shape index (κ1) is 15.7. The molecular weight excluding hydrogens is 314 g/mol. The Hall–Kier alpha value is -2.22. The van der Waals surface area contributed by atoms with E-state index in [-0.39, 0.29) is 17.5 Å². The van der Waals surface area contributed by atoms with E-state index in [1.807, 2.05) is 26.0 Å². The molecule has 1 aromatic heterocycles. The fourth-order valence-corrected chi connectivity index (χ4v) is 4.29. The minimum Gasteiger partial charge on any atom is -0.365 e. The molecule has 1 fully saturated rings. The molecule has 1 atom stereocenters. The highest BCUT2D eigenvalue weighted by Gasteiger charge is 2.28. The molecule has 0 radical (unpaired) electrons. The van der Waals surface area contributed by atoms with E-state index in [0.717, 1.165) is 11.3 Å². The topological polar surface area (TPSA) is 96.9 Å². The van der Waals surface area contributed by atoms with Crippen molar-refractivity contribution in [3.05, 3.63) is 35.5 Å². The van der Waals surface area contributed by atoms with Crippen molar-refractivity contribution in [3.63, 3.8) is 0 Å². The quantitative estimate of drug-likeness (QED) is 0.881. The van der Waals surface area contributed by atoms with Crippen molar-refractivity contribution in [2.45, 2.75) is 26.3 Å². The lowest BCUT2D eigenvalue weighted by molar-refractivity contribution is 0.602. The summed E-state index contributed by atoms with van der Waals surface area (Å²) in [5, 5.41) is 14.1. The summed E-state index contributed by atoms with van der Waals surface area (Å²) in [5.41, 5.74) is 3.19. The van der Waals surface area contributed by atoms with Crippen LogP contribution in [0.15, 0.2) is 24.4 Å². The Bertz CT molecular complexity index is 822. The highest BCUT2D eigenvalue weighted by Crippen LogP contribution is 2.20. The van der Waals surface area contributed by atoms with Crippen LogP contribution in [0, 0.1) is 13.8 Å². The largest absolute Gasteiger partial charge is 0.365 e. The van der Waals surface area contributed by atoms with Crippen LogP contribution in [0.25, 0.3) is 0 Å². The van der Waals surface area contributed by atoms with E-state index in [9.17, 15) is 8.42 Å². The third-order valence-corrected chi connectivity index (χ3v) is 5.54. The van der Waals surface area contributed by atoms with Crippen molar-refractivity contribution < 1.29 is 8.42 Å². The molecule has 2 N–H and O–H groups in total. The summed E-state index contributed by atoms with van der Waals surface area (Å²) in [7, 11) is -2.93. The van der Waals surface area contributed by atoms with Gasteiger partial charge >= 0.3 is 0 Å². The van der Waals surface area contributed by atoms with Crippen molar-refractivity contribution in [2.75, 3.05) is 22.1 Å². The van der Waals surface area contributed by atoms with Gasteiger partial charge in [-0.2, -0.15) is 10.1 Å². The van der Waals surface area contributed by atoms with E-state index in [1.54, 1.807) is 0 Å². The van der Waals surface area contributed by atoms with Crippen LogP contribution in [0.2, 0.25) is 0 Å². The maximum absolute atomic E-state index is 11.5. The first-order valence-electron chi connectivity index (χ1n) is 7.42. The summed E-state index contributed by atoms with van der Waals surface area (Å²) in [5.74, 6) is 1.26. The zero-order valence-electron chi connectivity index (χ0n) is 13.1. The first-order valence-corrected chi connectivity index (χ1v) is 9.24. The molecule has 1 aliphatic rings. The molecule has 0 amide bonds. The van der Waals surface area contributed by atoms with Gasteiger partial charge in [0.15, 0.2) is 15.7 Å². The van der Waals surface area contributed by atoms with E-state index in [0.29, 0.717) is 18.2 Å². The molecule has 1 saturated heterocycles. The van der Waals surface area contributed by atoms with Crippen LogP contribution in [-0.2, 0) is 9.84 Å². The van der Waals surface area contributed by atoms with Gasteiger partial charge in [0.1, 0.15) is 0 Å². The zero-order valence-corrected chi connectivity index (χ0v) is 13.9. The van der Waals surface area contributed by atoms with Crippen LogP contribution in [0.4, 0.5) is 17.5 Å². The van der Waals surface area contributed by atoms with Crippen molar-refractivity contribution in [3.8, 4) is 0 Å². The number of anilines is 3. The van der Waals surface area contributed by atoms with Crippen molar-refractivity contribution >= 4 is 27.3 Å². The molecule has 0 aliphatic carbocycles. The third kappa shape index (κ3) is 3.95. The maximum atomic E-state index is 11.5. The zero-order chi connectivity index (χ0) is 16.4. The number of sulfone groups is 1. The van der Waals surface area contributed by atoms with Gasteiger partial charge in [-0.15, -0.1) is 5.10 Å². The van der Waals surface area contributed by atoms with Gasteiger partial charge in [0.05, 0.1) is 17.7 Å². The average Bonchev–Trinajstić information content (AvgIpc) is 2.81. The molecule has 0 saturated carbocycles. The SMILES string of the molecule is Cc1ccc(Nc2nncc(NC3CCS(=O)(=O)C3)n2)c(C)c1. The van der Waals surface area contributed by atoms with Crippen LogP contribution in [0.1, 0.15) is 17.5 Å². The predicted molar refractivity (Wildman–Crippen MR) is 89.7 cm³/mol. The van der Waals surface area contributed by atoms with E-state index >= 15 is 0 Å². The molecule has 1 unspecified atom stereocenters. The molecule has 1 aliphatic heterocycles. The predicted octanol–water partition coefficient (Wildman–Crippen LogP) is 1.83.